The van der Waals surface area contributed by atoms with Crippen molar-refractivity contribution in [1.82, 2.24) is 15.3 Å². The van der Waals surface area contributed by atoms with E-state index < -0.39 is 23.9 Å². The SMILES string of the molecule is O=C(O)CC[C@H](NC(=O)c1ccc(NCC2=Nc3c(nc(I)[nH]c3=O)NC2)cc1)C(=O)O. The predicted octanol–water partition coefficient (Wildman–Crippen LogP) is 1.03. The molecule has 1 aromatic heterocycles. The van der Waals surface area contributed by atoms with Gasteiger partial charge in [-0.3, -0.25) is 19.4 Å². The van der Waals surface area contributed by atoms with Crippen LogP contribution in [0.5, 0.6) is 0 Å². The van der Waals surface area contributed by atoms with Crippen molar-refractivity contribution >= 4 is 63.3 Å². The highest BCUT2D eigenvalue weighted by molar-refractivity contribution is 14.1. The topological polar surface area (TPSA) is 186 Å². The Morgan fingerprint density at radius 2 is 1.91 bits per heavy atom. The minimum Gasteiger partial charge on any atom is -0.481 e. The van der Waals surface area contributed by atoms with Crippen molar-refractivity contribution in [2.45, 2.75) is 18.9 Å². The number of rotatable bonds is 9. The molecule has 0 spiro atoms. The molecule has 1 aromatic carbocycles. The maximum atomic E-state index is 12.3. The quantitative estimate of drug-likeness (QED) is 0.195. The molecule has 12 nitrogen and oxygen atoms in total. The minimum absolute atomic E-state index is 0.215. The maximum absolute atomic E-state index is 12.3. The van der Waals surface area contributed by atoms with Crippen molar-refractivity contribution in [2.24, 2.45) is 4.99 Å². The molecule has 2 heterocycles. The second-order valence-corrected chi connectivity index (χ2v) is 7.83. The van der Waals surface area contributed by atoms with Crippen molar-refractivity contribution in [2.75, 3.05) is 23.7 Å². The zero-order valence-corrected chi connectivity index (χ0v) is 18.7. The standard InChI is InChI=1S/C19H19IN6O6/c20-19-25-15-14(17(30)26-19)23-11(8-22-15)7-21-10-3-1-9(2-4-10)16(29)24-12(18(31)32)5-6-13(27)28/h1-4,12,21H,5-8H2,(H,24,29)(H,27,28)(H,31,32)(H2,22,25,26,30)/t12-/m0/s1. The monoisotopic (exact) mass is 554 g/mol. The highest BCUT2D eigenvalue weighted by Gasteiger charge is 2.21. The third-order valence-electron chi connectivity index (χ3n) is 4.49. The number of aliphatic imine (C=N–C) groups is 1. The van der Waals surface area contributed by atoms with Crippen LogP contribution in [0.15, 0.2) is 34.1 Å². The second-order valence-electron chi connectivity index (χ2n) is 6.81. The average molecular weight is 554 g/mol. The van der Waals surface area contributed by atoms with Crippen LogP contribution in [-0.4, -0.2) is 62.9 Å². The molecule has 13 heteroatoms. The molecule has 6 N–H and O–H groups in total. The van der Waals surface area contributed by atoms with Gasteiger partial charge in [-0.2, -0.15) is 0 Å². The Kier molecular flexibility index (Phi) is 7.40. The largest absolute Gasteiger partial charge is 0.481 e. The van der Waals surface area contributed by atoms with Gasteiger partial charge in [-0.05, 0) is 53.3 Å². The summed E-state index contributed by atoms with van der Waals surface area (Å²) in [6.07, 6.45) is -0.586. The number of anilines is 2. The van der Waals surface area contributed by atoms with Crippen molar-refractivity contribution < 1.29 is 24.6 Å². The first-order valence-corrected chi connectivity index (χ1v) is 10.5. The van der Waals surface area contributed by atoms with Crippen LogP contribution >= 0.6 is 22.6 Å². The first-order valence-electron chi connectivity index (χ1n) is 9.42. The van der Waals surface area contributed by atoms with Crippen molar-refractivity contribution in [3.63, 3.8) is 0 Å². The Hall–Kier alpha value is -3.49. The summed E-state index contributed by atoms with van der Waals surface area (Å²) in [6.45, 7) is 0.764. The molecule has 0 saturated carbocycles. The molecule has 0 saturated heterocycles. The van der Waals surface area contributed by atoms with E-state index in [4.69, 9.17) is 10.2 Å². The number of carboxylic acid groups (broad SMARTS) is 2. The summed E-state index contributed by atoms with van der Waals surface area (Å²) in [4.78, 5) is 57.3. The van der Waals surface area contributed by atoms with Crippen LogP contribution in [-0.2, 0) is 9.59 Å². The number of carbonyl (C=O) groups excluding carboxylic acids is 1. The summed E-state index contributed by atoms with van der Waals surface area (Å²) >= 11 is 1.92. The molecule has 0 bridgehead atoms. The minimum atomic E-state index is -1.30. The number of aromatic nitrogens is 2. The van der Waals surface area contributed by atoms with Gasteiger partial charge in [-0.25, -0.2) is 14.8 Å². The van der Waals surface area contributed by atoms with Crippen LogP contribution in [0.2, 0.25) is 0 Å². The summed E-state index contributed by atoms with van der Waals surface area (Å²) in [5, 5.41) is 26.4. The van der Waals surface area contributed by atoms with E-state index in [0.29, 0.717) is 34.1 Å². The van der Waals surface area contributed by atoms with Crippen LogP contribution < -0.4 is 21.5 Å². The van der Waals surface area contributed by atoms with Gasteiger partial charge in [0.15, 0.2) is 15.3 Å². The fourth-order valence-corrected chi connectivity index (χ4v) is 3.35. The lowest BCUT2D eigenvalue weighted by Crippen LogP contribution is -2.41. The number of fused-ring (bicyclic) bond motifs is 1. The van der Waals surface area contributed by atoms with Crippen LogP contribution in [0.25, 0.3) is 0 Å². The highest BCUT2D eigenvalue weighted by atomic mass is 127. The summed E-state index contributed by atoms with van der Waals surface area (Å²) < 4.78 is 0.469. The first-order chi connectivity index (χ1) is 15.2. The maximum Gasteiger partial charge on any atom is 0.326 e. The normalized spacial score (nSPS) is 13.2. The van der Waals surface area contributed by atoms with E-state index in [1.807, 2.05) is 22.6 Å². The molecule has 2 aromatic rings. The van der Waals surface area contributed by atoms with E-state index in [1.54, 1.807) is 12.1 Å². The molecule has 0 unspecified atom stereocenters. The molecule has 3 rings (SSSR count). The number of hydrogen-bond acceptors (Lipinski definition) is 8. The van der Waals surface area contributed by atoms with Crippen LogP contribution in [0.4, 0.5) is 17.2 Å². The molecular formula is C19H19IN6O6. The van der Waals surface area contributed by atoms with Gasteiger partial charge in [0.25, 0.3) is 11.5 Å². The summed E-state index contributed by atoms with van der Waals surface area (Å²) in [5.74, 6) is -2.63. The summed E-state index contributed by atoms with van der Waals surface area (Å²) in [6, 6.07) is 5.02. The third-order valence-corrected chi connectivity index (χ3v) is 5.00. The predicted molar refractivity (Wildman–Crippen MR) is 124 cm³/mol. The molecule has 0 fully saturated rings. The number of benzene rings is 1. The molecule has 168 valence electrons. The summed E-state index contributed by atoms with van der Waals surface area (Å²) in [7, 11) is 0. The fourth-order valence-electron chi connectivity index (χ4n) is 2.86. The number of carboxylic acids is 2. The Morgan fingerprint density at radius 3 is 2.56 bits per heavy atom. The number of aromatic amines is 1. The van der Waals surface area contributed by atoms with Gasteiger partial charge in [0.2, 0.25) is 0 Å². The number of amides is 1. The Bertz CT molecular complexity index is 1130. The van der Waals surface area contributed by atoms with Crippen LogP contribution in [0.1, 0.15) is 23.2 Å². The van der Waals surface area contributed by atoms with Gasteiger partial charge in [-0.15, -0.1) is 0 Å². The Morgan fingerprint density at radius 1 is 1.19 bits per heavy atom. The average Bonchev–Trinajstić information content (AvgIpc) is 2.75. The van der Waals surface area contributed by atoms with Gasteiger partial charge in [0, 0.05) is 17.7 Å². The van der Waals surface area contributed by atoms with E-state index in [1.165, 1.54) is 12.1 Å². The van der Waals surface area contributed by atoms with Crippen molar-refractivity contribution in [3.8, 4) is 0 Å². The molecule has 1 atom stereocenters. The highest BCUT2D eigenvalue weighted by Crippen LogP contribution is 2.21. The molecule has 0 aliphatic carbocycles. The number of nitrogens with zero attached hydrogens (tertiary/aromatic N) is 2. The number of nitrogens with one attached hydrogen (secondary N) is 4. The number of hydrogen-bond donors (Lipinski definition) is 6. The molecule has 1 amide bonds. The van der Waals surface area contributed by atoms with Crippen LogP contribution in [0.3, 0.4) is 0 Å². The zero-order chi connectivity index (χ0) is 23.3. The lowest BCUT2D eigenvalue weighted by molar-refractivity contribution is -0.140. The lowest BCUT2D eigenvalue weighted by atomic mass is 10.1. The van der Waals surface area contributed by atoms with E-state index in [0.717, 1.165) is 0 Å². The second kappa shape index (κ2) is 10.2. The van der Waals surface area contributed by atoms with Crippen molar-refractivity contribution in [1.29, 1.82) is 0 Å². The number of aliphatic carboxylic acids is 2. The van der Waals surface area contributed by atoms with E-state index in [-0.39, 0.29) is 29.7 Å². The Balaban J connectivity index is 1.59. The van der Waals surface area contributed by atoms with Gasteiger partial charge in [0.1, 0.15) is 6.04 Å². The summed E-state index contributed by atoms with van der Waals surface area (Å²) in [5.41, 5.74) is 1.50. The zero-order valence-electron chi connectivity index (χ0n) is 16.5. The van der Waals surface area contributed by atoms with Gasteiger partial charge in [-0.1, -0.05) is 0 Å². The number of H-pyrrole nitrogens is 1. The smallest absolute Gasteiger partial charge is 0.326 e. The lowest BCUT2D eigenvalue weighted by Gasteiger charge is -2.17. The van der Waals surface area contributed by atoms with Gasteiger partial charge in [0.05, 0.1) is 18.8 Å². The van der Waals surface area contributed by atoms with E-state index >= 15 is 0 Å². The van der Waals surface area contributed by atoms with Gasteiger partial charge >= 0.3 is 11.9 Å². The number of carbonyl (C=O) groups is 3. The molecule has 0 radical (unpaired) electrons. The van der Waals surface area contributed by atoms with Crippen LogP contribution in [0, 0.1) is 3.83 Å². The van der Waals surface area contributed by atoms with Crippen molar-refractivity contribution in [3.05, 3.63) is 44.0 Å². The van der Waals surface area contributed by atoms with Gasteiger partial charge < -0.3 is 26.2 Å². The molecule has 1 aliphatic heterocycles. The molecule has 32 heavy (non-hydrogen) atoms. The fraction of sp³-hybridized carbons (Fsp3) is 0.263. The number of halogens is 1. The third kappa shape index (κ3) is 6.03. The molecular weight excluding hydrogens is 535 g/mol. The van der Waals surface area contributed by atoms with E-state index in [2.05, 4.69) is 30.9 Å². The Labute approximate surface area is 194 Å². The molecule has 1 aliphatic rings. The van der Waals surface area contributed by atoms with E-state index in [9.17, 15) is 19.2 Å². The first kappa shape index (κ1) is 23.2.